The van der Waals surface area contributed by atoms with Gasteiger partial charge in [0.2, 0.25) is 0 Å². The van der Waals surface area contributed by atoms with Crippen molar-refractivity contribution in [1.82, 2.24) is 0 Å². The van der Waals surface area contributed by atoms with E-state index >= 15 is 0 Å². The van der Waals surface area contributed by atoms with Crippen LogP contribution < -0.4 is 5.73 Å². The third kappa shape index (κ3) is 5.08. The largest absolute Gasteiger partial charge is 0.466 e. The summed E-state index contributed by atoms with van der Waals surface area (Å²) in [5.41, 5.74) is 9.40. The average molecular weight is 346 g/mol. The second-order valence-electron chi connectivity index (χ2n) is 6.03. The van der Waals surface area contributed by atoms with Gasteiger partial charge in [0.1, 0.15) is 0 Å². The standard InChI is InChI=1S/C20H24ClNO2/c1-3-24-20(23)14(2)11-18(22)12-17-10-9-16(13-19(17)21)15-7-5-4-6-8-15/h4-10,13-14,18H,3,11-12,22H2,1-2H3. The number of halogens is 1. The van der Waals surface area contributed by atoms with Crippen LogP contribution in [0.5, 0.6) is 0 Å². The fourth-order valence-corrected chi connectivity index (χ4v) is 2.98. The fourth-order valence-electron chi connectivity index (χ4n) is 2.72. The number of esters is 1. The fraction of sp³-hybridized carbons (Fsp3) is 0.350. The summed E-state index contributed by atoms with van der Waals surface area (Å²) in [7, 11) is 0. The molecule has 2 N–H and O–H groups in total. The van der Waals surface area contributed by atoms with E-state index in [1.54, 1.807) is 6.92 Å². The van der Waals surface area contributed by atoms with Gasteiger partial charge < -0.3 is 10.5 Å². The summed E-state index contributed by atoms with van der Waals surface area (Å²) in [5, 5.41) is 0.704. The van der Waals surface area contributed by atoms with E-state index in [-0.39, 0.29) is 17.9 Å². The highest BCUT2D eigenvalue weighted by molar-refractivity contribution is 6.31. The number of ether oxygens (including phenoxy) is 1. The van der Waals surface area contributed by atoms with Crippen LogP contribution in [-0.2, 0) is 16.0 Å². The Bertz CT molecular complexity index is 673. The van der Waals surface area contributed by atoms with Gasteiger partial charge in [0.05, 0.1) is 12.5 Å². The van der Waals surface area contributed by atoms with E-state index in [9.17, 15) is 4.79 Å². The van der Waals surface area contributed by atoms with Crippen molar-refractivity contribution >= 4 is 17.6 Å². The van der Waals surface area contributed by atoms with Crippen LogP contribution in [0.3, 0.4) is 0 Å². The van der Waals surface area contributed by atoms with Gasteiger partial charge in [-0.25, -0.2) is 0 Å². The van der Waals surface area contributed by atoms with E-state index in [2.05, 4.69) is 18.2 Å². The van der Waals surface area contributed by atoms with Gasteiger partial charge in [0.15, 0.2) is 0 Å². The van der Waals surface area contributed by atoms with Gasteiger partial charge in [-0.2, -0.15) is 0 Å². The Morgan fingerprint density at radius 3 is 2.50 bits per heavy atom. The maximum absolute atomic E-state index is 11.7. The van der Waals surface area contributed by atoms with Crippen molar-refractivity contribution in [3.8, 4) is 11.1 Å². The van der Waals surface area contributed by atoms with Gasteiger partial charge in [-0.1, -0.05) is 61.0 Å². The van der Waals surface area contributed by atoms with E-state index in [1.165, 1.54) is 0 Å². The van der Waals surface area contributed by atoms with Gasteiger partial charge >= 0.3 is 5.97 Å². The topological polar surface area (TPSA) is 52.3 Å². The third-order valence-electron chi connectivity index (χ3n) is 3.99. The summed E-state index contributed by atoms with van der Waals surface area (Å²) in [6.45, 7) is 4.04. The number of carbonyl (C=O) groups excluding carboxylic acids is 1. The lowest BCUT2D eigenvalue weighted by molar-refractivity contribution is -0.147. The van der Waals surface area contributed by atoms with Gasteiger partial charge in [-0.05, 0) is 42.5 Å². The first-order valence-electron chi connectivity index (χ1n) is 8.27. The lowest BCUT2D eigenvalue weighted by Crippen LogP contribution is -2.29. The molecule has 2 aromatic carbocycles. The number of benzene rings is 2. The first-order chi connectivity index (χ1) is 11.5. The molecular formula is C20H24ClNO2. The summed E-state index contributed by atoms with van der Waals surface area (Å²) in [6.07, 6.45) is 1.22. The van der Waals surface area contributed by atoms with Crippen LogP contribution in [0.2, 0.25) is 5.02 Å². The highest BCUT2D eigenvalue weighted by atomic mass is 35.5. The monoisotopic (exact) mass is 345 g/mol. The molecule has 2 atom stereocenters. The molecular weight excluding hydrogens is 322 g/mol. The summed E-state index contributed by atoms with van der Waals surface area (Å²) in [4.78, 5) is 11.7. The van der Waals surface area contributed by atoms with Crippen LogP contribution in [0.1, 0.15) is 25.8 Å². The second-order valence-corrected chi connectivity index (χ2v) is 6.43. The zero-order valence-electron chi connectivity index (χ0n) is 14.2. The summed E-state index contributed by atoms with van der Waals surface area (Å²) in [6, 6.07) is 16.0. The van der Waals surface area contributed by atoms with Crippen molar-refractivity contribution in [2.45, 2.75) is 32.7 Å². The van der Waals surface area contributed by atoms with Gasteiger partial charge in [-0.15, -0.1) is 0 Å². The van der Waals surface area contributed by atoms with Crippen molar-refractivity contribution in [3.05, 3.63) is 59.1 Å². The van der Waals surface area contributed by atoms with Crippen LogP contribution in [0.15, 0.2) is 48.5 Å². The molecule has 0 amide bonds. The number of carbonyl (C=O) groups is 1. The zero-order valence-corrected chi connectivity index (χ0v) is 14.9. The quantitative estimate of drug-likeness (QED) is 0.753. The summed E-state index contributed by atoms with van der Waals surface area (Å²) in [5.74, 6) is -0.402. The Morgan fingerprint density at radius 2 is 1.88 bits per heavy atom. The smallest absolute Gasteiger partial charge is 0.308 e. The highest BCUT2D eigenvalue weighted by Gasteiger charge is 2.18. The highest BCUT2D eigenvalue weighted by Crippen LogP contribution is 2.26. The summed E-state index contributed by atoms with van der Waals surface area (Å²) < 4.78 is 5.02. The molecule has 0 heterocycles. The molecule has 0 spiro atoms. The molecule has 0 saturated carbocycles. The van der Waals surface area contributed by atoms with E-state index in [0.29, 0.717) is 24.5 Å². The predicted octanol–water partition coefficient (Wildman–Crippen LogP) is 4.47. The van der Waals surface area contributed by atoms with Crippen LogP contribution in [-0.4, -0.2) is 18.6 Å². The maximum atomic E-state index is 11.7. The first kappa shape index (κ1) is 18.5. The number of hydrogen-bond donors (Lipinski definition) is 1. The molecule has 0 aromatic heterocycles. The van der Waals surface area contributed by atoms with Crippen LogP contribution in [0, 0.1) is 5.92 Å². The minimum atomic E-state index is -0.206. The van der Waals surface area contributed by atoms with E-state index in [0.717, 1.165) is 16.7 Å². The first-order valence-corrected chi connectivity index (χ1v) is 8.65. The molecule has 0 aliphatic carbocycles. The Morgan fingerprint density at radius 1 is 1.17 bits per heavy atom. The molecule has 2 aromatic rings. The van der Waals surface area contributed by atoms with Gasteiger partial charge in [-0.3, -0.25) is 4.79 Å². The number of nitrogens with two attached hydrogens (primary N) is 1. The molecule has 0 bridgehead atoms. The van der Waals surface area contributed by atoms with Crippen molar-refractivity contribution in [2.24, 2.45) is 11.7 Å². The molecule has 0 aliphatic heterocycles. The molecule has 3 nitrogen and oxygen atoms in total. The maximum Gasteiger partial charge on any atom is 0.308 e. The minimum absolute atomic E-state index is 0.135. The molecule has 2 unspecified atom stereocenters. The summed E-state index contributed by atoms with van der Waals surface area (Å²) >= 11 is 6.43. The molecule has 0 radical (unpaired) electrons. The minimum Gasteiger partial charge on any atom is -0.466 e. The van der Waals surface area contributed by atoms with Crippen molar-refractivity contribution < 1.29 is 9.53 Å². The number of rotatable bonds is 7. The van der Waals surface area contributed by atoms with Crippen LogP contribution in [0.25, 0.3) is 11.1 Å². The molecule has 2 rings (SSSR count). The predicted molar refractivity (Wildman–Crippen MR) is 99.0 cm³/mol. The molecule has 0 fully saturated rings. The van der Waals surface area contributed by atoms with Crippen LogP contribution in [0.4, 0.5) is 0 Å². The lowest BCUT2D eigenvalue weighted by atomic mass is 9.95. The Labute approximate surface area is 148 Å². The van der Waals surface area contributed by atoms with E-state index < -0.39 is 0 Å². The van der Waals surface area contributed by atoms with Gasteiger partial charge in [0.25, 0.3) is 0 Å². The molecule has 0 saturated heterocycles. The van der Waals surface area contributed by atoms with Crippen molar-refractivity contribution in [1.29, 1.82) is 0 Å². The second kappa shape index (κ2) is 8.86. The SMILES string of the molecule is CCOC(=O)C(C)CC(N)Cc1ccc(-c2ccccc2)cc1Cl. The van der Waals surface area contributed by atoms with Crippen molar-refractivity contribution in [2.75, 3.05) is 6.61 Å². The third-order valence-corrected chi connectivity index (χ3v) is 4.34. The average Bonchev–Trinajstić information content (AvgIpc) is 2.57. The normalized spacial score (nSPS) is 13.3. The molecule has 24 heavy (non-hydrogen) atoms. The van der Waals surface area contributed by atoms with Crippen molar-refractivity contribution in [3.63, 3.8) is 0 Å². The number of hydrogen-bond acceptors (Lipinski definition) is 3. The van der Waals surface area contributed by atoms with E-state index in [1.807, 2.05) is 37.3 Å². The van der Waals surface area contributed by atoms with Crippen LogP contribution >= 0.6 is 11.6 Å². The molecule has 0 aliphatic rings. The Kier molecular flexibility index (Phi) is 6.83. The Hall–Kier alpha value is -1.84. The van der Waals surface area contributed by atoms with Gasteiger partial charge in [0, 0.05) is 11.1 Å². The zero-order chi connectivity index (χ0) is 17.5. The molecule has 4 heteroatoms. The molecule has 128 valence electrons. The lowest BCUT2D eigenvalue weighted by Gasteiger charge is -2.17. The van der Waals surface area contributed by atoms with E-state index in [4.69, 9.17) is 22.1 Å². The Balaban J connectivity index is 2.01.